The van der Waals surface area contributed by atoms with Gasteiger partial charge < -0.3 is 10.2 Å². The molecule has 0 spiro atoms. The Labute approximate surface area is 178 Å². The predicted molar refractivity (Wildman–Crippen MR) is 117 cm³/mol. The van der Waals surface area contributed by atoms with E-state index in [1.165, 1.54) is 0 Å². The number of nitrogens with one attached hydrogen (secondary N) is 1. The van der Waals surface area contributed by atoms with Gasteiger partial charge in [-0.15, -0.1) is 12.4 Å². The van der Waals surface area contributed by atoms with Crippen LogP contribution in [0.4, 0.5) is 0 Å². The third-order valence-corrected chi connectivity index (χ3v) is 5.83. The summed E-state index contributed by atoms with van der Waals surface area (Å²) in [6.07, 6.45) is 1.000. The van der Waals surface area contributed by atoms with Crippen LogP contribution in [-0.4, -0.2) is 66.8 Å². The molecule has 6 heteroatoms. The highest BCUT2D eigenvalue weighted by Gasteiger charge is 2.32. The number of hydrogen-bond donors (Lipinski definition) is 1. The Bertz CT molecular complexity index is 863. The molecule has 2 aromatic carbocycles. The maximum atomic E-state index is 13.2. The molecule has 154 valence electrons. The van der Waals surface area contributed by atoms with E-state index in [4.69, 9.17) is 0 Å². The van der Waals surface area contributed by atoms with E-state index in [1.54, 1.807) is 12.1 Å². The van der Waals surface area contributed by atoms with Crippen LogP contribution in [-0.2, 0) is 0 Å². The van der Waals surface area contributed by atoms with Crippen molar-refractivity contribution in [3.8, 4) is 0 Å². The number of carbonyl (C=O) groups is 2. The number of nitrogens with zero attached hydrogens (tertiary/aromatic N) is 2. The Balaban J connectivity index is 0.00000240. The van der Waals surface area contributed by atoms with Gasteiger partial charge in [-0.25, -0.2) is 0 Å². The molecular formula is C23H28ClN3O2. The van der Waals surface area contributed by atoms with Gasteiger partial charge in [-0.2, -0.15) is 0 Å². The second-order valence-corrected chi connectivity index (χ2v) is 7.72. The molecule has 1 unspecified atom stereocenters. The highest BCUT2D eigenvalue weighted by molar-refractivity contribution is 6.15. The quantitative estimate of drug-likeness (QED) is 0.783. The van der Waals surface area contributed by atoms with E-state index in [0.717, 1.165) is 51.3 Å². The van der Waals surface area contributed by atoms with Gasteiger partial charge in [0.2, 0.25) is 0 Å². The molecule has 2 heterocycles. The molecule has 29 heavy (non-hydrogen) atoms. The number of rotatable bonds is 4. The van der Waals surface area contributed by atoms with Crippen molar-refractivity contribution in [2.75, 3.05) is 39.3 Å². The van der Waals surface area contributed by atoms with Crippen molar-refractivity contribution in [3.05, 3.63) is 70.8 Å². The highest BCUT2D eigenvalue weighted by Crippen LogP contribution is 2.22. The molecule has 2 aromatic rings. The maximum Gasteiger partial charge on any atom is 0.254 e. The summed E-state index contributed by atoms with van der Waals surface area (Å²) in [6.45, 7) is 7.58. The molecule has 2 saturated heterocycles. The minimum absolute atomic E-state index is 0. The number of likely N-dealkylation sites (tertiary alicyclic amines) is 1. The summed E-state index contributed by atoms with van der Waals surface area (Å²) in [5, 5.41) is 3.38. The van der Waals surface area contributed by atoms with Gasteiger partial charge in [0.05, 0.1) is 5.56 Å². The molecule has 4 rings (SSSR count). The van der Waals surface area contributed by atoms with Crippen LogP contribution in [0.15, 0.2) is 48.5 Å². The number of halogens is 1. The number of benzene rings is 2. The lowest BCUT2D eigenvalue weighted by Gasteiger charge is -2.32. The van der Waals surface area contributed by atoms with Crippen LogP contribution in [0.2, 0.25) is 0 Å². The van der Waals surface area contributed by atoms with Crippen LogP contribution in [0.1, 0.15) is 38.3 Å². The van der Waals surface area contributed by atoms with E-state index in [-0.39, 0.29) is 24.1 Å². The molecule has 1 N–H and O–H groups in total. The van der Waals surface area contributed by atoms with Gasteiger partial charge in [-0.1, -0.05) is 48.0 Å². The summed E-state index contributed by atoms with van der Waals surface area (Å²) < 4.78 is 0. The Morgan fingerprint density at radius 2 is 1.59 bits per heavy atom. The first-order chi connectivity index (χ1) is 13.6. The number of carbonyl (C=O) groups excluding carboxylic acids is 2. The van der Waals surface area contributed by atoms with Gasteiger partial charge in [0, 0.05) is 56.4 Å². The zero-order valence-corrected chi connectivity index (χ0v) is 17.6. The highest BCUT2D eigenvalue weighted by atomic mass is 35.5. The first-order valence-electron chi connectivity index (χ1n) is 10.1. The van der Waals surface area contributed by atoms with E-state index < -0.39 is 0 Å². The number of aryl methyl sites for hydroxylation is 1. The van der Waals surface area contributed by atoms with Crippen LogP contribution in [0, 0.1) is 6.92 Å². The summed E-state index contributed by atoms with van der Waals surface area (Å²) in [7, 11) is 0. The second kappa shape index (κ2) is 9.53. The van der Waals surface area contributed by atoms with E-state index in [1.807, 2.05) is 48.2 Å². The van der Waals surface area contributed by atoms with Crippen molar-refractivity contribution in [1.82, 2.24) is 15.1 Å². The number of amides is 1. The summed E-state index contributed by atoms with van der Waals surface area (Å²) in [6, 6.07) is 15.1. The molecule has 1 amide bonds. The van der Waals surface area contributed by atoms with Crippen LogP contribution >= 0.6 is 12.4 Å². The van der Waals surface area contributed by atoms with Gasteiger partial charge in [-0.05, 0) is 19.4 Å². The third kappa shape index (κ3) is 4.69. The molecule has 0 radical (unpaired) electrons. The van der Waals surface area contributed by atoms with Crippen molar-refractivity contribution in [2.45, 2.75) is 19.4 Å². The average Bonchev–Trinajstić information content (AvgIpc) is 3.24. The molecule has 2 fully saturated rings. The lowest BCUT2D eigenvalue weighted by atomic mass is 9.97. The van der Waals surface area contributed by atoms with Gasteiger partial charge in [0.25, 0.3) is 5.91 Å². The number of piperazine rings is 1. The molecule has 0 bridgehead atoms. The van der Waals surface area contributed by atoms with Gasteiger partial charge >= 0.3 is 0 Å². The van der Waals surface area contributed by atoms with Gasteiger partial charge in [-0.3, -0.25) is 14.5 Å². The van der Waals surface area contributed by atoms with Crippen molar-refractivity contribution in [3.63, 3.8) is 0 Å². The summed E-state index contributed by atoms with van der Waals surface area (Å²) >= 11 is 0. The standard InChI is InChI=1S/C23H27N3O2.ClH/c1-17-6-8-18(9-7-17)22(27)20-4-2-3-5-21(20)23(28)26-13-10-19(16-26)25-14-11-24-12-15-25;/h2-9,19,24H,10-16H2,1H3;1H. The molecule has 0 saturated carbocycles. The molecule has 1 atom stereocenters. The average molecular weight is 414 g/mol. The fourth-order valence-corrected chi connectivity index (χ4v) is 4.17. The SMILES string of the molecule is Cc1ccc(C(=O)c2ccccc2C(=O)N2CCC(N3CCNCC3)C2)cc1.Cl. The number of hydrogen-bond acceptors (Lipinski definition) is 4. The Kier molecular flexibility index (Phi) is 7.06. The normalized spacial score (nSPS) is 19.6. The zero-order valence-electron chi connectivity index (χ0n) is 16.8. The monoisotopic (exact) mass is 413 g/mol. The van der Waals surface area contributed by atoms with Gasteiger partial charge in [0.1, 0.15) is 0 Å². The Morgan fingerprint density at radius 3 is 2.28 bits per heavy atom. The Hall–Kier alpha value is -2.21. The number of ketones is 1. The van der Waals surface area contributed by atoms with E-state index in [9.17, 15) is 9.59 Å². The Morgan fingerprint density at radius 1 is 0.931 bits per heavy atom. The second-order valence-electron chi connectivity index (χ2n) is 7.72. The molecule has 2 aliphatic heterocycles. The van der Waals surface area contributed by atoms with E-state index in [0.29, 0.717) is 22.7 Å². The largest absolute Gasteiger partial charge is 0.337 e. The zero-order chi connectivity index (χ0) is 19.5. The lowest BCUT2D eigenvalue weighted by molar-refractivity contribution is 0.0769. The van der Waals surface area contributed by atoms with Crippen molar-refractivity contribution < 1.29 is 9.59 Å². The minimum atomic E-state index is -0.0956. The minimum Gasteiger partial charge on any atom is -0.337 e. The third-order valence-electron chi connectivity index (χ3n) is 5.83. The van der Waals surface area contributed by atoms with Crippen LogP contribution in [0.3, 0.4) is 0 Å². The topological polar surface area (TPSA) is 52.7 Å². The molecule has 5 nitrogen and oxygen atoms in total. The van der Waals surface area contributed by atoms with Crippen LogP contribution in [0.25, 0.3) is 0 Å². The van der Waals surface area contributed by atoms with Crippen LogP contribution in [0.5, 0.6) is 0 Å². The maximum absolute atomic E-state index is 13.2. The molecular weight excluding hydrogens is 386 g/mol. The predicted octanol–water partition coefficient (Wildman–Crippen LogP) is 2.77. The van der Waals surface area contributed by atoms with Crippen molar-refractivity contribution >= 4 is 24.1 Å². The summed E-state index contributed by atoms with van der Waals surface area (Å²) in [5.41, 5.74) is 2.72. The van der Waals surface area contributed by atoms with Crippen molar-refractivity contribution in [2.24, 2.45) is 0 Å². The van der Waals surface area contributed by atoms with E-state index in [2.05, 4.69) is 10.2 Å². The molecule has 0 aliphatic carbocycles. The van der Waals surface area contributed by atoms with Crippen molar-refractivity contribution in [1.29, 1.82) is 0 Å². The lowest BCUT2D eigenvalue weighted by Crippen LogP contribution is -2.49. The van der Waals surface area contributed by atoms with Crippen LogP contribution < -0.4 is 5.32 Å². The summed E-state index contributed by atoms with van der Waals surface area (Å²) in [5.74, 6) is -0.129. The first kappa shape index (κ1) is 21.5. The smallest absolute Gasteiger partial charge is 0.254 e. The molecule has 0 aromatic heterocycles. The fraction of sp³-hybridized carbons (Fsp3) is 0.391. The molecule has 2 aliphatic rings. The first-order valence-corrected chi connectivity index (χ1v) is 10.1. The van der Waals surface area contributed by atoms with Gasteiger partial charge in [0.15, 0.2) is 5.78 Å². The fourth-order valence-electron chi connectivity index (χ4n) is 4.17. The summed E-state index contributed by atoms with van der Waals surface area (Å²) in [4.78, 5) is 30.6. The van der Waals surface area contributed by atoms with E-state index >= 15 is 0 Å².